The van der Waals surface area contributed by atoms with Gasteiger partial charge in [-0.05, 0) is 13.3 Å². The number of hydrogen-bond acceptors (Lipinski definition) is 2. The Morgan fingerprint density at radius 3 is 2.42 bits per heavy atom. The van der Waals surface area contributed by atoms with Crippen molar-refractivity contribution in [2.24, 2.45) is 0 Å². The monoisotopic (exact) mass is 174 g/mol. The molecule has 0 aliphatic rings. The van der Waals surface area contributed by atoms with E-state index in [0.29, 0.717) is 0 Å². The minimum atomic E-state index is -0.285. The van der Waals surface area contributed by atoms with E-state index in [2.05, 4.69) is 6.92 Å². The van der Waals surface area contributed by atoms with Gasteiger partial charge in [0.2, 0.25) is 0 Å². The molecule has 0 spiro atoms. The molecule has 1 N–H and O–H groups in total. The second-order valence-electron chi connectivity index (χ2n) is 3.36. The maximum Gasteiger partial charge on any atom is 0.0802 e. The van der Waals surface area contributed by atoms with Crippen molar-refractivity contribution in [3.05, 3.63) is 0 Å². The van der Waals surface area contributed by atoms with Crippen LogP contribution in [0.3, 0.4) is 0 Å². The van der Waals surface area contributed by atoms with E-state index in [-0.39, 0.29) is 12.2 Å². The summed E-state index contributed by atoms with van der Waals surface area (Å²) in [4.78, 5) is 0. The highest BCUT2D eigenvalue weighted by Crippen LogP contribution is 2.09. The van der Waals surface area contributed by atoms with E-state index in [4.69, 9.17) is 4.74 Å². The third-order valence-electron chi connectivity index (χ3n) is 2.27. The molecule has 0 aromatic carbocycles. The Morgan fingerprint density at radius 2 is 1.92 bits per heavy atom. The van der Waals surface area contributed by atoms with Gasteiger partial charge in [0.25, 0.3) is 0 Å². The molecular formula is C10H22O2. The number of aliphatic hydroxyl groups is 1. The molecular weight excluding hydrogens is 152 g/mol. The van der Waals surface area contributed by atoms with Gasteiger partial charge in [0.05, 0.1) is 12.2 Å². The Bertz CT molecular complexity index is 93.8. The fourth-order valence-corrected chi connectivity index (χ4v) is 1.17. The maximum atomic E-state index is 9.49. The Kier molecular flexibility index (Phi) is 7.51. The standard InChI is InChI=1S/C10H22O2/c1-4-5-6-7-8-10(11)9(2)12-3/h9-11H,4-8H2,1-3H3. The van der Waals surface area contributed by atoms with E-state index in [9.17, 15) is 5.11 Å². The minimum Gasteiger partial charge on any atom is -0.390 e. The zero-order chi connectivity index (χ0) is 9.40. The largest absolute Gasteiger partial charge is 0.390 e. The third-order valence-corrected chi connectivity index (χ3v) is 2.27. The highest BCUT2D eigenvalue weighted by Gasteiger charge is 2.11. The van der Waals surface area contributed by atoms with Gasteiger partial charge in [-0.2, -0.15) is 0 Å². The van der Waals surface area contributed by atoms with Gasteiger partial charge in [-0.25, -0.2) is 0 Å². The molecule has 0 aromatic rings. The summed E-state index contributed by atoms with van der Waals surface area (Å²) in [6, 6.07) is 0. The van der Waals surface area contributed by atoms with E-state index < -0.39 is 0 Å². The van der Waals surface area contributed by atoms with Crippen molar-refractivity contribution < 1.29 is 9.84 Å². The van der Waals surface area contributed by atoms with Crippen LogP contribution in [0.15, 0.2) is 0 Å². The maximum absolute atomic E-state index is 9.49. The quantitative estimate of drug-likeness (QED) is 0.600. The Balaban J connectivity index is 3.24. The summed E-state index contributed by atoms with van der Waals surface area (Å²) in [7, 11) is 1.64. The average Bonchev–Trinajstić information content (AvgIpc) is 2.10. The lowest BCUT2D eigenvalue weighted by atomic mass is 10.1. The van der Waals surface area contributed by atoms with Crippen molar-refractivity contribution in [3.63, 3.8) is 0 Å². The molecule has 2 heteroatoms. The molecule has 12 heavy (non-hydrogen) atoms. The highest BCUT2D eigenvalue weighted by atomic mass is 16.5. The third kappa shape index (κ3) is 5.56. The van der Waals surface area contributed by atoms with Crippen LogP contribution in [0.25, 0.3) is 0 Å². The summed E-state index contributed by atoms with van der Waals surface area (Å²) in [5.41, 5.74) is 0. The molecule has 0 aliphatic heterocycles. The van der Waals surface area contributed by atoms with Crippen LogP contribution in [0, 0.1) is 0 Å². The van der Waals surface area contributed by atoms with Crippen LogP contribution in [-0.4, -0.2) is 24.4 Å². The number of ether oxygens (including phenoxy) is 1. The summed E-state index contributed by atoms with van der Waals surface area (Å²) in [6.07, 6.45) is 5.42. The van der Waals surface area contributed by atoms with Crippen molar-refractivity contribution in [1.29, 1.82) is 0 Å². The fraction of sp³-hybridized carbons (Fsp3) is 1.00. The van der Waals surface area contributed by atoms with Crippen LogP contribution in [0.5, 0.6) is 0 Å². The second-order valence-corrected chi connectivity index (χ2v) is 3.36. The summed E-state index contributed by atoms with van der Waals surface area (Å²) in [5, 5.41) is 9.49. The van der Waals surface area contributed by atoms with Crippen molar-refractivity contribution in [1.82, 2.24) is 0 Å². The summed E-state index contributed by atoms with van der Waals surface area (Å²) >= 11 is 0. The number of rotatable bonds is 7. The van der Waals surface area contributed by atoms with Gasteiger partial charge >= 0.3 is 0 Å². The van der Waals surface area contributed by atoms with Crippen LogP contribution >= 0.6 is 0 Å². The van der Waals surface area contributed by atoms with E-state index in [1.54, 1.807) is 7.11 Å². The molecule has 74 valence electrons. The molecule has 0 radical (unpaired) electrons. The number of methoxy groups -OCH3 is 1. The average molecular weight is 174 g/mol. The zero-order valence-electron chi connectivity index (χ0n) is 8.55. The molecule has 2 nitrogen and oxygen atoms in total. The minimum absolute atomic E-state index is 0.0216. The summed E-state index contributed by atoms with van der Waals surface area (Å²) < 4.78 is 5.02. The molecule has 2 atom stereocenters. The molecule has 0 bridgehead atoms. The van der Waals surface area contributed by atoms with E-state index in [1.165, 1.54) is 19.3 Å². The van der Waals surface area contributed by atoms with Crippen LogP contribution in [0.2, 0.25) is 0 Å². The van der Waals surface area contributed by atoms with Gasteiger partial charge in [-0.1, -0.05) is 32.6 Å². The molecule has 0 aliphatic carbocycles. The van der Waals surface area contributed by atoms with Crippen LogP contribution < -0.4 is 0 Å². The Morgan fingerprint density at radius 1 is 1.25 bits per heavy atom. The molecule has 2 unspecified atom stereocenters. The summed E-state index contributed by atoms with van der Waals surface area (Å²) in [6.45, 7) is 4.10. The lowest BCUT2D eigenvalue weighted by Gasteiger charge is -2.16. The van der Waals surface area contributed by atoms with Gasteiger partial charge in [0, 0.05) is 7.11 Å². The smallest absolute Gasteiger partial charge is 0.0802 e. The SMILES string of the molecule is CCCCCCC(O)C(C)OC. The first-order chi connectivity index (χ1) is 5.72. The molecule has 0 heterocycles. The Labute approximate surface area is 75.9 Å². The first kappa shape index (κ1) is 11.9. The van der Waals surface area contributed by atoms with Gasteiger partial charge in [0.1, 0.15) is 0 Å². The molecule has 0 rings (SSSR count). The number of unbranched alkanes of at least 4 members (excludes halogenated alkanes) is 3. The molecule has 0 amide bonds. The van der Waals surface area contributed by atoms with E-state index in [0.717, 1.165) is 12.8 Å². The van der Waals surface area contributed by atoms with Crippen molar-refractivity contribution in [3.8, 4) is 0 Å². The summed E-state index contributed by atoms with van der Waals surface area (Å²) in [5.74, 6) is 0. The molecule has 0 saturated carbocycles. The first-order valence-corrected chi connectivity index (χ1v) is 4.93. The molecule has 0 aromatic heterocycles. The Hall–Kier alpha value is -0.0800. The fourth-order valence-electron chi connectivity index (χ4n) is 1.17. The van der Waals surface area contributed by atoms with E-state index in [1.807, 2.05) is 6.92 Å². The molecule has 0 fully saturated rings. The van der Waals surface area contributed by atoms with Crippen molar-refractivity contribution in [2.75, 3.05) is 7.11 Å². The molecule has 0 saturated heterocycles. The topological polar surface area (TPSA) is 29.5 Å². The van der Waals surface area contributed by atoms with Crippen LogP contribution in [-0.2, 0) is 4.74 Å². The van der Waals surface area contributed by atoms with Crippen molar-refractivity contribution >= 4 is 0 Å². The second kappa shape index (κ2) is 7.56. The van der Waals surface area contributed by atoms with Gasteiger partial charge in [-0.15, -0.1) is 0 Å². The van der Waals surface area contributed by atoms with Gasteiger partial charge in [-0.3, -0.25) is 0 Å². The normalized spacial score (nSPS) is 16.0. The predicted octanol–water partition coefficient (Wildman–Crippen LogP) is 2.35. The highest BCUT2D eigenvalue weighted by molar-refractivity contribution is 4.63. The number of aliphatic hydroxyl groups excluding tert-OH is 1. The van der Waals surface area contributed by atoms with Crippen molar-refractivity contribution in [2.45, 2.75) is 58.2 Å². The lowest BCUT2D eigenvalue weighted by Crippen LogP contribution is -2.24. The number of hydrogen-bond donors (Lipinski definition) is 1. The lowest BCUT2D eigenvalue weighted by molar-refractivity contribution is -0.00530. The van der Waals surface area contributed by atoms with Crippen LogP contribution in [0.4, 0.5) is 0 Å². The van der Waals surface area contributed by atoms with Gasteiger partial charge < -0.3 is 9.84 Å². The van der Waals surface area contributed by atoms with Crippen LogP contribution in [0.1, 0.15) is 46.0 Å². The van der Waals surface area contributed by atoms with Gasteiger partial charge in [0.15, 0.2) is 0 Å². The zero-order valence-corrected chi connectivity index (χ0v) is 8.55. The predicted molar refractivity (Wildman–Crippen MR) is 51.2 cm³/mol. The first-order valence-electron chi connectivity index (χ1n) is 4.93. The van der Waals surface area contributed by atoms with E-state index >= 15 is 0 Å².